The highest BCUT2D eigenvalue weighted by molar-refractivity contribution is 5.74. The highest BCUT2D eigenvalue weighted by Crippen LogP contribution is 2.31. The summed E-state index contributed by atoms with van der Waals surface area (Å²) >= 11 is 0. The van der Waals surface area contributed by atoms with Gasteiger partial charge in [0.2, 0.25) is 5.89 Å². The number of benzene rings is 2. The zero-order chi connectivity index (χ0) is 19.2. The second kappa shape index (κ2) is 8.60. The van der Waals surface area contributed by atoms with Gasteiger partial charge in [0.25, 0.3) is 0 Å². The van der Waals surface area contributed by atoms with Crippen molar-refractivity contribution in [3.05, 3.63) is 60.0 Å². The lowest BCUT2D eigenvalue weighted by Crippen LogP contribution is -2.14. The van der Waals surface area contributed by atoms with E-state index in [1.165, 1.54) is 0 Å². The third-order valence-electron chi connectivity index (χ3n) is 3.97. The van der Waals surface area contributed by atoms with E-state index in [-0.39, 0.29) is 0 Å². The van der Waals surface area contributed by atoms with Gasteiger partial charge in [0.15, 0.2) is 17.1 Å². The number of rotatable bonds is 9. The van der Waals surface area contributed by atoms with Crippen molar-refractivity contribution in [1.82, 2.24) is 10.3 Å². The molecule has 0 saturated heterocycles. The van der Waals surface area contributed by atoms with Crippen LogP contribution >= 0.6 is 0 Å². The van der Waals surface area contributed by atoms with E-state index in [0.29, 0.717) is 31.3 Å². The van der Waals surface area contributed by atoms with Gasteiger partial charge in [-0.3, -0.25) is 0 Å². The Morgan fingerprint density at radius 3 is 2.74 bits per heavy atom. The molecule has 0 aliphatic carbocycles. The van der Waals surface area contributed by atoms with Crippen molar-refractivity contribution < 1.29 is 18.6 Å². The lowest BCUT2D eigenvalue weighted by atomic mass is 10.2. The number of ether oxygens (including phenoxy) is 3. The maximum atomic E-state index is 5.88. The van der Waals surface area contributed by atoms with Crippen molar-refractivity contribution in [2.45, 2.75) is 20.0 Å². The molecule has 0 unspecified atom stereocenters. The number of nitrogens with one attached hydrogen (secondary N) is 1. The SMILES string of the molecule is C=C(C)COc1c(CNCc2nc3cc(OC)ccc3o2)cccc1OC. The fourth-order valence-corrected chi connectivity index (χ4v) is 2.68. The molecule has 2 aromatic carbocycles. The van der Waals surface area contributed by atoms with Crippen molar-refractivity contribution in [3.63, 3.8) is 0 Å². The lowest BCUT2D eigenvalue weighted by molar-refractivity contribution is 0.315. The number of nitrogens with zero attached hydrogens (tertiary/aromatic N) is 1. The van der Waals surface area contributed by atoms with Crippen LogP contribution in [0.1, 0.15) is 18.4 Å². The molecule has 0 saturated carbocycles. The molecule has 6 heteroatoms. The summed E-state index contributed by atoms with van der Waals surface area (Å²) < 4.78 is 22.3. The monoisotopic (exact) mass is 368 g/mol. The fraction of sp³-hybridized carbons (Fsp3) is 0.286. The minimum absolute atomic E-state index is 0.445. The topological polar surface area (TPSA) is 65.8 Å². The number of methoxy groups -OCH3 is 2. The molecular formula is C21H24N2O4. The second-order valence-electron chi connectivity index (χ2n) is 6.24. The van der Waals surface area contributed by atoms with E-state index in [9.17, 15) is 0 Å². The van der Waals surface area contributed by atoms with Crippen LogP contribution in [0.4, 0.5) is 0 Å². The normalized spacial score (nSPS) is 10.8. The van der Waals surface area contributed by atoms with Crippen LogP contribution in [0.3, 0.4) is 0 Å². The van der Waals surface area contributed by atoms with Gasteiger partial charge < -0.3 is 23.9 Å². The minimum Gasteiger partial charge on any atom is -0.497 e. The average Bonchev–Trinajstić information content (AvgIpc) is 3.08. The summed E-state index contributed by atoms with van der Waals surface area (Å²) in [5.74, 6) is 2.79. The predicted molar refractivity (Wildman–Crippen MR) is 104 cm³/mol. The molecule has 0 bridgehead atoms. The Morgan fingerprint density at radius 2 is 2.00 bits per heavy atom. The number of fused-ring (bicyclic) bond motifs is 1. The quantitative estimate of drug-likeness (QED) is 0.574. The van der Waals surface area contributed by atoms with E-state index in [0.717, 1.165) is 33.7 Å². The molecule has 1 N–H and O–H groups in total. The maximum Gasteiger partial charge on any atom is 0.209 e. The van der Waals surface area contributed by atoms with Gasteiger partial charge in [0, 0.05) is 18.2 Å². The molecule has 0 fully saturated rings. The molecule has 0 spiro atoms. The first-order valence-corrected chi connectivity index (χ1v) is 8.68. The van der Waals surface area contributed by atoms with Crippen molar-refractivity contribution in [1.29, 1.82) is 0 Å². The zero-order valence-corrected chi connectivity index (χ0v) is 15.9. The first-order valence-electron chi connectivity index (χ1n) is 8.68. The highest BCUT2D eigenvalue weighted by atomic mass is 16.5. The van der Waals surface area contributed by atoms with Gasteiger partial charge in [-0.05, 0) is 30.7 Å². The highest BCUT2D eigenvalue weighted by Gasteiger charge is 2.12. The van der Waals surface area contributed by atoms with Gasteiger partial charge in [-0.2, -0.15) is 0 Å². The number of hydrogen-bond acceptors (Lipinski definition) is 6. The maximum absolute atomic E-state index is 5.88. The largest absolute Gasteiger partial charge is 0.497 e. The zero-order valence-electron chi connectivity index (χ0n) is 15.9. The third kappa shape index (κ3) is 4.60. The number of aromatic nitrogens is 1. The van der Waals surface area contributed by atoms with Gasteiger partial charge in [-0.25, -0.2) is 4.98 Å². The van der Waals surface area contributed by atoms with E-state index in [1.807, 2.05) is 43.3 Å². The van der Waals surface area contributed by atoms with Crippen LogP contribution < -0.4 is 19.5 Å². The summed E-state index contributed by atoms with van der Waals surface area (Å²) in [7, 11) is 3.26. The first-order chi connectivity index (χ1) is 13.1. The van der Waals surface area contributed by atoms with Crippen molar-refractivity contribution in [3.8, 4) is 17.2 Å². The van der Waals surface area contributed by atoms with Crippen LogP contribution in [0.15, 0.2) is 53.0 Å². The molecular weight excluding hydrogens is 344 g/mol. The summed E-state index contributed by atoms with van der Waals surface area (Å²) in [6, 6.07) is 11.4. The van der Waals surface area contributed by atoms with Crippen LogP contribution in [0.25, 0.3) is 11.1 Å². The predicted octanol–water partition coefficient (Wildman–Crippen LogP) is 4.09. The molecule has 3 aromatic rings. The van der Waals surface area contributed by atoms with Gasteiger partial charge in [0.05, 0.1) is 20.8 Å². The molecule has 27 heavy (non-hydrogen) atoms. The van der Waals surface area contributed by atoms with Crippen LogP contribution in [0.5, 0.6) is 17.2 Å². The second-order valence-corrected chi connectivity index (χ2v) is 6.24. The average molecular weight is 368 g/mol. The molecule has 1 aromatic heterocycles. The van der Waals surface area contributed by atoms with Crippen LogP contribution in [0.2, 0.25) is 0 Å². The Labute approximate surface area is 158 Å². The van der Waals surface area contributed by atoms with Gasteiger partial charge in [0.1, 0.15) is 17.9 Å². The molecule has 142 valence electrons. The van der Waals surface area contributed by atoms with Gasteiger partial charge in [-0.1, -0.05) is 18.7 Å². The van der Waals surface area contributed by atoms with Crippen molar-refractivity contribution >= 4 is 11.1 Å². The molecule has 0 atom stereocenters. The number of hydrogen-bond donors (Lipinski definition) is 1. The molecule has 0 amide bonds. The standard InChI is InChI=1S/C21H24N2O4/c1-14(2)13-26-21-15(6-5-7-19(21)25-4)11-22-12-20-23-17-10-16(24-3)8-9-18(17)27-20/h5-10,22H,1,11-13H2,2-4H3. The van der Waals surface area contributed by atoms with Crippen LogP contribution in [-0.4, -0.2) is 25.8 Å². The molecule has 0 radical (unpaired) electrons. The smallest absolute Gasteiger partial charge is 0.209 e. The summed E-state index contributed by atoms with van der Waals surface area (Å²) in [6.45, 7) is 7.33. The van der Waals surface area contributed by atoms with Crippen molar-refractivity contribution in [2.24, 2.45) is 0 Å². The Balaban J connectivity index is 1.68. The van der Waals surface area contributed by atoms with E-state index >= 15 is 0 Å². The van der Waals surface area contributed by atoms with E-state index < -0.39 is 0 Å². The molecule has 1 heterocycles. The molecule has 3 rings (SSSR count). The molecule has 6 nitrogen and oxygen atoms in total. The summed E-state index contributed by atoms with van der Waals surface area (Å²) in [4.78, 5) is 4.49. The summed E-state index contributed by atoms with van der Waals surface area (Å²) in [6.07, 6.45) is 0. The van der Waals surface area contributed by atoms with Crippen LogP contribution in [0, 0.1) is 0 Å². The Bertz CT molecular complexity index is 933. The Kier molecular flexibility index (Phi) is 5.98. The van der Waals surface area contributed by atoms with Gasteiger partial charge in [-0.15, -0.1) is 0 Å². The first kappa shape index (κ1) is 18.8. The van der Waals surface area contributed by atoms with E-state index in [2.05, 4.69) is 16.9 Å². The summed E-state index contributed by atoms with van der Waals surface area (Å²) in [5.41, 5.74) is 3.45. The molecule has 0 aliphatic heterocycles. The van der Waals surface area contributed by atoms with Crippen molar-refractivity contribution in [2.75, 3.05) is 20.8 Å². The summed E-state index contributed by atoms with van der Waals surface area (Å²) in [5, 5.41) is 3.34. The minimum atomic E-state index is 0.445. The van der Waals surface area contributed by atoms with E-state index in [4.69, 9.17) is 18.6 Å². The van der Waals surface area contributed by atoms with Gasteiger partial charge >= 0.3 is 0 Å². The fourth-order valence-electron chi connectivity index (χ4n) is 2.68. The number of para-hydroxylation sites is 1. The third-order valence-corrected chi connectivity index (χ3v) is 3.97. The number of oxazole rings is 1. The Morgan fingerprint density at radius 1 is 1.15 bits per heavy atom. The van der Waals surface area contributed by atoms with E-state index in [1.54, 1.807) is 14.2 Å². The lowest BCUT2D eigenvalue weighted by Gasteiger charge is -2.15. The van der Waals surface area contributed by atoms with Crippen LogP contribution in [-0.2, 0) is 13.1 Å². The Hall–Kier alpha value is -2.99. The molecule has 0 aliphatic rings.